The van der Waals surface area contributed by atoms with Crippen LogP contribution < -0.4 is 15.4 Å². The third-order valence-electron chi connectivity index (χ3n) is 3.10. The largest absolute Gasteiger partial charge is 0.496 e. The molecule has 0 bridgehead atoms. The van der Waals surface area contributed by atoms with Crippen molar-refractivity contribution in [1.29, 1.82) is 0 Å². The second-order valence-electron chi connectivity index (χ2n) is 5.13. The number of rotatable bonds is 10. The van der Waals surface area contributed by atoms with E-state index in [9.17, 15) is 0 Å². The number of nitrogens with one attached hydrogen (secondary N) is 2. The SMILES string of the molecule is COc1ccccc1CCNCCCCNC(C)C. The Hall–Kier alpha value is -1.06. The van der Waals surface area contributed by atoms with E-state index in [4.69, 9.17) is 4.74 Å². The molecule has 19 heavy (non-hydrogen) atoms. The van der Waals surface area contributed by atoms with Crippen LogP contribution in [0.1, 0.15) is 32.3 Å². The standard InChI is InChI=1S/C16H28N2O/c1-14(2)18-12-7-6-11-17-13-10-15-8-4-5-9-16(15)19-3/h4-5,8-9,14,17-18H,6-7,10-13H2,1-3H3. The first-order valence-electron chi connectivity index (χ1n) is 7.30. The zero-order valence-electron chi connectivity index (χ0n) is 12.5. The van der Waals surface area contributed by atoms with Crippen LogP contribution in [0.2, 0.25) is 0 Å². The van der Waals surface area contributed by atoms with Gasteiger partial charge in [-0.1, -0.05) is 32.0 Å². The minimum absolute atomic E-state index is 0.596. The molecule has 0 atom stereocenters. The van der Waals surface area contributed by atoms with E-state index in [1.807, 2.05) is 12.1 Å². The van der Waals surface area contributed by atoms with Crippen molar-refractivity contribution in [2.45, 2.75) is 39.2 Å². The van der Waals surface area contributed by atoms with Crippen LogP contribution in [0, 0.1) is 0 Å². The molecule has 108 valence electrons. The summed E-state index contributed by atoms with van der Waals surface area (Å²) >= 11 is 0. The van der Waals surface area contributed by atoms with Crippen molar-refractivity contribution < 1.29 is 4.74 Å². The van der Waals surface area contributed by atoms with Crippen LogP contribution in [-0.4, -0.2) is 32.8 Å². The number of hydrogen-bond acceptors (Lipinski definition) is 3. The highest BCUT2D eigenvalue weighted by molar-refractivity contribution is 5.33. The van der Waals surface area contributed by atoms with E-state index >= 15 is 0 Å². The Morgan fingerprint density at radius 2 is 1.79 bits per heavy atom. The molecule has 1 rings (SSSR count). The maximum absolute atomic E-state index is 5.34. The predicted octanol–water partition coefficient (Wildman–Crippen LogP) is 2.61. The van der Waals surface area contributed by atoms with Gasteiger partial charge in [0.25, 0.3) is 0 Å². The number of para-hydroxylation sites is 1. The molecule has 0 aromatic heterocycles. The summed E-state index contributed by atoms with van der Waals surface area (Å²) in [4.78, 5) is 0. The zero-order valence-corrected chi connectivity index (χ0v) is 12.5. The van der Waals surface area contributed by atoms with E-state index in [0.29, 0.717) is 6.04 Å². The summed E-state index contributed by atoms with van der Waals surface area (Å²) in [6, 6.07) is 8.82. The predicted molar refractivity (Wildman–Crippen MR) is 81.9 cm³/mol. The number of ether oxygens (including phenoxy) is 1. The van der Waals surface area contributed by atoms with Gasteiger partial charge in [-0.15, -0.1) is 0 Å². The van der Waals surface area contributed by atoms with E-state index in [-0.39, 0.29) is 0 Å². The van der Waals surface area contributed by atoms with Crippen molar-refractivity contribution in [1.82, 2.24) is 10.6 Å². The van der Waals surface area contributed by atoms with Gasteiger partial charge in [0.2, 0.25) is 0 Å². The number of methoxy groups -OCH3 is 1. The number of hydrogen-bond donors (Lipinski definition) is 2. The fourth-order valence-electron chi connectivity index (χ4n) is 2.02. The highest BCUT2D eigenvalue weighted by Gasteiger charge is 2.00. The molecular formula is C16H28N2O. The Balaban J connectivity index is 2.04. The average Bonchev–Trinajstić information content (AvgIpc) is 2.42. The van der Waals surface area contributed by atoms with Gasteiger partial charge in [-0.05, 0) is 50.5 Å². The maximum atomic E-state index is 5.34. The van der Waals surface area contributed by atoms with Gasteiger partial charge in [0.05, 0.1) is 7.11 Å². The first-order chi connectivity index (χ1) is 9.24. The second kappa shape index (κ2) is 9.82. The summed E-state index contributed by atoms with van der Waals surface area (Å²) in [5.41, 5.74) is 1.28. The van der Waals surface area contributed by atoms with Crippen LogP contribution in [-0.2, 0) is 6.42 Å². The third kappa shape index (κ3) is 7.19. The first-order valence-corrected chi connectivity index (χ1v) is 7.30. The van der Waals surface area contributed by atoms with E-state index < -0.39 is 0 Å². The molecule has 0 radical (unpaired) electrons. The Bertz CT molecular complexity index is 339. The molecule has 0 amide bonds. The Morgan fingerprint density at radius 1 is 1.05 bits per heavy atom. The lowest BCUT2D eigenvalue weighted by molar-refractivity contribution is 0.409. The smallest absolute Gasteiger partial charge is 0.122 e. The Morgan fingerprint density at radius 3 is 2.53 bits per heavy atom. The summed E-state index contributed by atoms with van der Waals surface area (Å²) in [6.45, 7) is 7.59. The molecular weight excluding hydrogens is 236 g/mol. The van der Waals surface area contributed by atoms with Gasteiger partial charge in [-0.3, -0.25) is 0 Å². The molecule has 3 nitrogen and oxygen atoms in total. The molecule has 3 heteroatoms. The van der Waals surface area contributed by atoms with Crippen LogP contribution in [0.4, 0.5) is 0 Å². The van der Waals surface area contributed by atoms with Crippen molar-refractivity contribution in [2.75, 3.05) is 26.7 Å². The van der Waals surface area contributed by atoms with Crippen LogP contribution >= 0.6 is 0 Å². The summed E-state index contributed by atoms with van der Waals surface area (Å²) in [5, 5.41) is 6.92. The minimum atomic E-state index is 0.596. The van der Waals surface area contributed by atoms with E-state index in [0.717, 1.165) is 31.8 Å². The minimum Gasteiger partial charge on any atom is -0.496 e. The lowest BCUT2D eigenvalue weighted by Gasteiger charge is -2.10. The molecule has 2 N–H and O–H groups in total. The van der Waals surface area contributed by atoms with E-state index in [1.165, 1.54) is 18.4 Å². The Labute approximate surface area is 117 Å². The molecule has 0 unspecified atom stereocenters. The van der Waals surface area contributed by atoms with Gasteiger partial charge in [0.1, 0.15) is 5.75 Å². The fourth-order valence-corrected chi connectivity index (χ4v) is 2.02. The van der Waals surface area contributed by atoms with Crippen LogP contribution in [0.25, 0.3) is 0 Å². The molecule has 0 aliphatic rings. The zero-order chi connectivity index (χ0) is 13.9. The molecule has 0 heterocycles. The first kappa shape index (κ1) is 16.0. The van der Waals surface area contributed by atoms with E-state index in [1.54, 1.807) is 7.11 Å². The van der Waals surface area contributed by atoms with E-state index in [2.05, 4.69) is 36.6 Å². The van der Waals surface area contributed by atoms with Crippen molar-refractivity contribution in [3.8, 4) is 5.75 Å². The lowest BCUT2D eigenvalue weighted by Crippen LogP contribution is -2.25. The second-order valence-corrected chi connectivity index (χ2v) is 5.13. The van der Waals surface area contributed by atoms with Crippen molar-refractivity contribution >= 4 is 0 Å². The Kier molecular flexibility index (Phi) is 8.26. The average molecular weight is 264 g/mol. The molecule has 0 fully saturated rings. The van der Waals surface area contributed by atoms with Gasteiger partial charge in [0.15, 0.2) is 0 Å². The van der Waals surface area contributed by atoms with Crippen LogP contribution in [0.15, 0.2) is 24.3 Å². The molecule has 0 saturated heterocycles. The van der Waals surface area contributed by atoms with Gasteiger partial charge >= 0.3 is 0 Å². The topological polar surface area (TPSA) is 33.3 Å². The highest BCUT2D eigenvalue weighted by Crippen LogP contribution is 2.17. The summed E-state index contributed by atoms with van der Waals surface area (Å²) < 4.78 is 5.34. The third-order valence-corrected chi connectivity index (χ3v) is 3.10. The number of benzene rings is 1. The van der Waals surface area contributed by atoms with Gasteiger partial charge in [-0.25, -0.2) is 0 Å². The molecule has 0 aliphatic heterocycles. The van der Waals surface area contributed by atoms with Crippen molar-refractivity contribution in [3.63, 3.8) is 0 Å². The molecule has 0 spiro atoms. The molecule has 1 aromatic rings. The summed E-state index contributed by atoms with van der Waals surface area (Å²) in [7, 11) is 1.73. The van der Waals surface area contributed by atoms with Crippen molar-refractivity contribution in [3.05, 3.63) is 29.8 Å². The quantitative estimate of drug-likeness (QED) is 0.637. The number of unbranched alkanes of at least 4 members (excludes halogenated alkanes) is 1. The van der Waals surface area contributed by atoms with Gasteiger partial charge in [0, 0.05) is 6.04 Å². The van der Waals surface area contributed by atoms with Crippen LogP contribution in [0.5, 0.6) is 5.75 Å². The normalized spacial score (nSPS) is 10.9. The monoisotopic (exact) mass is 264 g/mol. The molecule has 1 aromatic carbocycles. The fraction of sp³-hybridized carbons (Fsp3) is 0.625. The maximum Gasteiger partial charge on any atom is 0.122 e. The molecule has 0 aliphatic carbocycles. The highest BCUT2D eigenvalue weighted by atomic mass is 16.5. The van der Waals surface area contributed by atoms with Crippen molar-refractivity contribution in [2.24, 2.45) is 0 Å². The summed E-state index contributed by atoms with van der Waals surface area (Å²) in [5.74, 6) is 0.991. The molecule has 0 saturated carbocycles. The lowest BCUT2D eigenvalue weighted by atomic mass is 10.1. The van der Waals surface area contributed by atoms with Gasteiger partial charge in [-0.2, -0.15) is 0 Å². The summed E-state index contributed by atoms with van der Waals surface area (Å²) in [6.07, 6.45) is 3.49. The van der Waals surface area contributed by atoms with Gasteiger partial charge < -0.3 is 15.4 Å². The van der Waals surface area contributed by atoms with Crippen LogP contribution in [0.3, 0.4) is 0 Å².